The normalized spacial score (nSPS) is 12.9. The molecule has 1 atom stereocenters. The second kappa shape index (κ2) is 5.32. The van der Waals surface area contributed by atoms with Gasteiger partial charge in [-0.15, -0.1) is 0 Å². The summed E-state index contributed by atoms with van der Waals surface area (Å²) in [5.41, 5.74) is 5.21. The maximum Gasteiger partial charge on any atom is 0.197 e. The average molecular weight is 289 g/mol. The van der Waals surface area contributed by atoms with Crippen molar-refractivity contribution in [3.63, 3.8) is 0 Å². The van der Waals surface area contributed by atoms with E-state index >= 15 is 0 Å². The van der Waals surface area contributed by atoms with Crippen LogP contribution in [0.4, 0.5) is 0 Å². The molecule has 0 aliphatic heterocycles. The van der Waals surface area contributed by atoms with E-state index in [9.17, 15) is 0 Å². The molecule has 2 heterocycles. The number of hydrazine groups is 1. The van der Waals surface area contributed by atoms with Gasteiger partial charge in [-0.05, 0) is 24.6 Å². The van der Waals surface area contributed by atoms with Crippen molar-refractivity contribution >= 4 is 23.2 Å². The zero-order chi connectivity index (χ0) is 13.3. The van der Waals surface area contributed by atoms with Gasteiger partial charge in [-0.1, -0.05) is 11.6 Å². The summed E-state index contributed by atoms with van der Waals surface area (Å²) in [5, 5.41) is 5.24. The van der Waals surface area contributed by atoms with Crippen LogP contribution in [0.1, 0.15) is 23.0 Å². The van der Waals surface area contributed by atoms with E-state index in [0.29, 0.717) is 16.7 Å². The van der Waals surface area contributed by atoms with Crippen LogP contribution in [0.5, 0.6) is 0 Å². The van der Waals surface area contributed by atoms with Crippen LogP contribution in [-0.2, 0) is 13.5 Å². The topological polar surface area (TPSA) is 69.0 Å². The van der Waals surface area contributed by atoms with Gasteiger partial charge in [0.25, 0.3) is 0 Å². The lowest BCUT2D eigenvalue weighted by molar-refractivity contribution is 0.513. The molecule has 2 aromatic rings. The number of halogens is 2. The van der Waals surface area contributed by atoms with Crippen LogP contribution in [0, 0.1) is 6.92 Å². The first-order valence-corrected chi connectivity index (χ1v) is 6.17. The molecule has 7 heteroatoms. The average Bonchev–Trinajstić information content (AvgIpc) is 2.84. The Labute approximate surface area is 115 Å². The number of rotatable bonds is 4. The predicted molar refractivity (Wildman–Crippen MR) is 70.4 cm³/mol. The van der Waals surface area contributed by atoms with Gasteiger partial charge in [0, 0.05) is 19.0 Å². The minimum atomic E-state index is -0.177. The summed E-state index contributed by atoms with van der Waals surface area (Å²) >= 11 is 12.2. The van der Waals surface area contributed by atoms with Crippen molar-refractivity contribution in [3.8, 4) is 0 Å². The molecular weight excluding hydrogens is 275 g/mol. The quantitative estimate of drug-likeness (QED) is 0.669. The van der Waals surface area contributed by atoms with Gasteiger partial charge in [-0.2, -0.15) is 5.10 Å². The molecule has 0 aromatic carbocycles. The van der Waals surface area contributed by atoms with Gasteiger partial charge >= 0.3 is 0 Å². The number of aryl methyl sites for hydroxylation is 2. The minimum Gasteiger partial charge on any atom is -0.453 e. The highest BCUT2D eigenvalue weighted by Crippen LogP contribution is 2.29. The molecule has 0 aliphatic carbocycles. The first kappa shape index (κ1) is 13.4. The largest absolute Gasteiger partial charge is 0.453 e. The number of furan rings is 1. The van der Waals surface area contributed by atoms with Gasteiger partial charge < -0.3 is 4.42 Å². The summed E-state index contributed by atoms with van der Waals surface area (Å²) in [6.45, 7) is 1.86. The lowest BCUT2D eigenvalue weighted by Crippen LogP contribution is -2.30. The Morgan fingerprint density at radius 1 is 1.56 bits per heavy atom. The van der Waals surface area contributed by atoms with E-state index in [1.165, 1.54) is 6.26 Å². The first-order chi connectivity index (χ1) is 8.54. The third kappa shape index (κ3) is 2.40. The number of hydrogen-bond acceptors (Lipinski definition) is 4. The van der Waals surface area contributed by atoms with Gasteiger partial charge in [-0.3, -0.25) is 16.0 Å². The highest BCUT2D eigenvalue weighted by molar-refractivity contribution is 6.32. The third-order valence-electron chi connectivity index (χ3n) is 2.88. The third-order valence-corrected chi connectivity index (χ3v) is 3.68. The smallest absolute Gasteiger partial charge is 0.197 e. The molecule has 2 aromatic heterocycles. The Morgan fingerprint density at radius 3 is 2.72 bits per heavy atom. The van der Waals surface area contributed by atoms with E-state index in [1.807, 2.05) is 14.0 Å². The molecule has 1 unspecified atom stereocenters. The Kier molecular flexibility index (Phi) is 3.97. The molecule has 0 saturated carbocycles. The van der Waals surface area contributed by atoms with Crippen LogP contribution >= 0.6 is 23.2 Å². The number of hydrogen-bond donors (Lipinski definition) is 2. The molecule has 0 spiro atoms. The molecule has 3 N–H and O–H groups in total. The highest BCUT2D eigenvalue weighted by atomic mass is 35.5. The fourth-order valence-corrected chi connectivity index (χ4v) is 2.39. The van der Waals surface area contributed by atoms with Gasteiger partial charge in [-0.25, -0.2) is 0 Å². The van der Waals surface area contributed by atoms with E-state index in [1.54, 1.807) is 10.7 Å². The maximum atomic E-state index is 6.21. The van der Waals surface area contributed by atoms with Crippen molar-refractivity contribution in [2.24, 2.45) is 12.9 Å². The molecule has 0 fully saturated rings. The molecule has 0 aliphatic rings. The van der Waals surface area contributed by atoms with Crippen molar-refractivity contribution in [2.75, 3.05) is 0 Å². The fourth-order valence-electron chi connectivity index (χ4n) is 1.91. The molecule has 0 amide bonds. The van der Waals surface area contributed by atoms with Gasteiger partial charge in [0.2, 0.25) is 0 Å². The maximum absolute atomic E-state index is 6.21. The van der Waals surface area contributed by atoms with E-state index in [2.05, 4.69) is 10.5 Å². The first-order valence-electron chi connectivity index (χ1n) is 5.41. The summed E-state index contributed by atoms with van der Waals surface area (Å²) in [7, 11) is 1.85. The van der Waals surface area contributed by atoms with Gasteiger partial charge in [0.1, 0.15) is 0 Å². The van der Waals surface area contributed by atoms with E-state index < -0.39 is 0 Å². The summed E-state index contributed by atoms with van der Waals surface area (Å²) in [6, 6.07) is 1.60. The number of nitrogens with one attached hydrogen (secondary N) is 1. The fraction of sp³-hybridized carbons (Fsp3) is 0.364. The van der Waals surface area contributed by atoms with Crippen molar-refractivity contribution < 1.29 is 4.42 Å². The molecule has 18 heavy (non-hydrogen) atoms. The molecule has 5 nitrogen and oxygen atoms in total. The Hall–Kier alpha value is -1.01. The molecule has 2 rings (SSSR count). The minimum absolute atomic E-state index is 0.177. The van der Waals surface area contributed by atoms with Crippen LogP contribution < -0.4 is 11.3 Å². The zero-order valence-corrected chi connectivity index (χ0v) is 11.6. The van der Waals surface area contributed by atoms with Crippen molar-refractivity contribution in [1.29, 1.82) is 0 Å². The summed E-state index contributed by atoms with van der Waals surface area (Å²) in [4.78, 5) is 0. The monoisotopic (exact) mass is 288 g/mol. The van der Waals surface area contributed by atoms with Crippen LogP contribution in [0.2, 0.25) is 10.2 Å². The number of nitrogens with two attached hydrogens (primary N) is 1. The van der Waals surface area contributed by atoms with Crippen LogP contribution in [-0.4, -0.2) is 9.78 Å². The second-order valence-electron chi connectivity index (χ2n) is 4.04. The SMILES string of the molecule is Cc1nn(C)c(CC(NN)c2ccoc2Cl)c1Cl. The van der Waals surface area contributed by atoms with Crippen molar-refractivity contribution in [3.05, 3.63) is 39.5 Å². The lowest BCUT2D eigenvalue weighted by atomic mass is 10.1. The molecular formula is C11H14Cl2N4O. The zero-order valence-electron chi connectivity index (χ0n) is 10.1. The summed E-state index contributed by atoms with van der Waals surface area (Å²) in [6.07, 6.45) is 2.10. The molecule has 0 radical (unpaired) electrons. The van der Waals surface area contributed by atoms with Crippen LogP contribution in [0.25, 0.3) is 0 Å². The molecule has 98 valence electrons. The Morgan fingerprint density at radius 2 is 2.28 bits per heavy atom. The lowest BCUT2D eigenvalue weighted by Gasteiger charge is -2.15. The highest BCUT2D eigenvalue weighted by Gasteiger charge is 2.20. The van der Waals surface area contributed by atoms with E-state index in [4.69, 9.17) is 33.5 Å². The van der Waals surface area contributed by atoms with E-state index in [0.717, 1.165) is 17.0 Å². The van der Waals surface area contributed by atoms with Crippen LogP contribution in [0.3, 0.4) is 0 Å². The predicted octanol–water partition coefficient (Wildman–Crippen LogP) is 2.38. The number of aromatic nitrogens is 2. The van der Waals surface area contributed by atoms with Gasteiger partial charge in [0.05, 0.1) is 28.7 Å². The van der Waals surface area contributed by atoms with Crippen molar-refractivity contribution in [2.45, 2.75) is 19.4 Å². The van der Waals surface area contributed by atoms with Crippen LogP contribution in [0.15, 0.2) is 16.7 Å². The standard InChI is InChI=1S/C11H14Cl2N4O/c1-6-10(12)9(17(2)16-6)5-8(15-14)7-3-4-18-11(7)13/h3-4,8,15H,5,14H2,1-2H3. The number of nitrogens with zero attached hydrogens (tertiary/aromatic N) is 2. The summed E-state index contributed by atoms with van der Waals surface area (Å²) < 4.78 is 6.81. The Bertz CT molecular complexity index is 549. The summed E-state index contributed by atoms with van der Waals surface area (Å²) in [5.74, 6) is 5.56. The second-order valence-corrected chi connectivity index (χ2v) is 4.76. The van der Waals surface area contributed by atoms with Crippen molar-refractivity contribution in [1.82, 2.24) is 15.2 Å². The van der Waals surface area contributed by atoms with E-state index in [-0.39, 0.29) is 6.04 Å². The molecule has 0 saturated heterocycles. The molecule has 0 bridgehead atoms. The van der Waals surface area contributed by atoms with Gasteiger partial charge in [0.15, 0.2) is 5.22 Å². The Balaban J connectivity index is 2.29.